The molecule has 0 aliphatic carbocycles. The van der Waals surface area contributed by atoms with Crippen LogP contribution < -0.4 is 10.6 Å². The minimum absolute atomic E-state index is 0.304. The van der Waals surface area contributed by atoms with E-state index in [1.165, 1.54) is 16.8 Å². The first-order valence-electron chi connectivity index (χ1n) is 5.56. The first kappa shape index (κ1) is 9.43. The van der Waals surface area contributed by atoms with Crippen molar-refractivity contribution < 1.29 is 0 Å². The molecular formula is C14H14N2. The smallest absolute Gasteiger partial charge is 0.0660 e. The van der Waals surface area contributed by atoms with Crippen molar-refractivity contribution in [2.24, 2.45) is 0 Å². The molecule has 0 bridgehead atoms. The van der Waals surface area contributed by atoms with Gasteiger partial charge in [0.15, 0.2) is 0 Å². The van der Waals surface area contributed by atoms with E-state index in [-0.39, 0.29) is 0 Å². The molecule has 3 rings (SSSR count). The summed E-state index contributed by atoms with van der Waals surface area (Å²) in [6, 6.07) is 19.3. The monoisotopic (exact) mass is 210 g/mol. The summed E-state index contributed by atoms with van der Waals surface area (Å²) in [6.07, 6.45) is 0. The van der Waals surface area contributed by atoms with Gasteiger partial charge in [-0.15, -0.1) is 0 Å². The Morgan fingerprint density at radius 2 is 1.62 bits per heavy atom. The van der Waals surface area contributed by atoms with Gasteiger partial charge < -0.3 is 5.32 Å². The van der Waals surface area contributed by atoms with Crippen LogP contribution in [-0.4, -0.2) is 6.67 Å². The number of hydrogen-bond donors (Lipinski definition) is 2. The van der Waals surface area contributed by atoms with Crippen molar-refractivity contribution in [3.8, 4) is 0 Å². The predicted octanol–water partition coefficient (Wildman–Crippen LogP) is 2.75. The van der Waals surface area contributed by atoms with Gasteiger partial charge in [-0.3, -0.25) is 5.32 Å². The summed E-state index contributed by atoms with van der Waals surface area (Å²) in [4.78, 5) is 0. The number of fused-ring (bicyclic) bond motifs is 1. The highest BCUT2D eigenvalue weighted by molar-refractivity contribution is 5.56. The molecule has 1 aliphatic heterocycles. The van der Waals surface area contributed by atoms with E-state index in [4.69, 9.17) is 0 Å². The van der Waals surface area contributed by atoms with Crippen LogP contribution in [0.15, 0.2) is 54.6 Å². The lowest BCUT2D eigenvalue weighted by Gasteiger charge is -2.28. The third-order valence-corrected chi connectivity index (χ3v) is 2.99. The molecule has 2 N–H and O–H groups in total. The molecule has 2 aromatic rings. The topological polar surface area (TPSA) is 24.1 Å². The lowest BCUT2D eigenvalue weighted by molar-refractivity contribution is 0.616. The van der Waals surface area contributed by atoms with Gasteiger partial charge in [0.1, 0.15) is 0 Å². The second-order valence-electron chi connectivity index (χ2n) is 3.99. The Morgan fingerprint density at radius 3 is 2.50 bits per heavy atom. The highest BCUT2D eigenvalue weighted by Crippen LogP contribution is 2.30. The summed E-state index contributed by atoms with van der Waals surface area (Å²) in [7, 11) is 0. The van der Waals surface area contributed by atoms with Crippen molar-refractivity contribution in [1.29, 1.82) is 0 Å². The molecule has 0 radical (unpaired) electrons. The fraction of sp³-hybridized carbons (Fsp3) is 0.143. The third kappa shape index (κ3) is 1.57. The van der Waals surface area contributed by atoms with E-state index in [9.17, 15) is 0 Å². The van der Waals surface area contributed by atoms with Crippen molar-refractivity contribution >= 4 is 5.69 Å². The van der Waals surface area contributed by atoms with Crippen molar-refractivity contribution in [3.05, 3.63) is 65.7 Å². The normalized spacial score (nSPS) is 18.6. The van der Waals surface area contributed by atoms with Gasteiger partial charge in [0, 0.05) is 5.69 Å². The second kappa shape index (κ2) is 3.99. The molecule has 80 valence electrons. The Morgan fingerprint density at radius 1 is 0.875 bits per heavy atom. The molecule has 0 saturated carbocycles. The highest BCUT2D eigenvalue weighted by Gasteiger charge is 2.19. The standard InChI is InChI=1S/C14H14N2/c1-2-6-11(7-3-1)14-12-8-4-5-9-13(12)15-10-16-14/h1-9,14-16H,10H2. The van der Waals surface area contributed by atoms with Gasteiger partial charge in [-0.25, -0.2) is 0 Å². The van der Waals surface area contributed by atoms with Crippen LogP contribution in [0.3, 0.4) is 0 Å². The molecule has 0 spiro atoms. The zero-order valence-corrected chi connectivity index (χ0v) is 8.98. The van der Waals surface area contributed by atoms with Crippen LogP contribution in [0.4, 0.5) is 5.69 Å². The van der Waals surface area contributed by atoms with Crippen molar-refractivity contribution in [2.45, 2.75) is 6.04 Å². The Bertz CT molecular complexity index is 479. The van der Waals surface area contributed by atoms with Gasteiger partial charge >= 0.3 is 0 Å². The zero-order valence-electron chi connectivity index (χ0n) is 8.98. The number of para-hydroxylation sites is 1. The lowest BCUT2D eigenvalue weighted by atomic mass is 9.96. The average molecular weight is 210 g/mol. The predicted molar refractivity (Wildman–Crippen MR) is 66.4 cm³/mol. The van der Waals surface area contributed by atoms with Crippen LogP contribution in [0.25, 0.3) is 0 Å². The third-order valence-electron chi connectivity index (χ3n) is 2.99. The summed E-state index contributed by atoms with van der Waals surface area (Å²) in [6.45, 7) is 0.816. The first-order chi connectivity index (χ1) is 7.95. The number of benzene rings is 2. The minimum Gasteiger partial charge on any atom is -0.372 e. The van der Waals surface area contributed by atoms with Crippen LogP contribution in [0, 0.1) is 0 Å². The van der Waals surface area contributed by atoms with E-state index in [1.807, 2.05) is 0 Å². The minimum atomic E-state index is 0.304. The molecule has 2 aromatic carbocycles. The van der Waals surface area contributed by atoms with Crippen LogP contribution in [0.5, 0.6) is 0 Å². The number of anilines is 1. The molecule has 1 aliphatic rings. The molecule has 2 heteroatoms. The van der Waals surface area contributed by atoms with Gasteiger partial charge in [-0.05, 0) is 17.2 Å². The summed E-state index contributed by atoms with van der Waals surface area (Å²) < 4.78 is 0. The van der Waals surface area contributed by atoms with Crippen LogP contribution in [0.1, 0.15) is 17.2 Å². The number of hydrogen-bond acceptors (Lipinski definition) is 2. The molecule has 0 amide bonds. The average Bonchev–Trinajstić information content (AvgIpc) is 2.39. The molecule has 1 heterocycles. The van der Waals surface area contributed by atoms with Gasteiger partial charge in [0.25, 0.3) is 0 Å². The number of nitrogens with one attached hydrogen (secondary N) is 2. The molecule has 1 atom stereocenters. The maximum atomic E-state index is 3.48. The van der Waals surface area contributed by atoms with E-state index >= 15 is 0 Å². The van der Waals surface area contributed by atoms with Gasteiger partial charge in [0.05, 0.1) is 12.7 Å². The van der Waals surface area contributed by atoms with E-state index in [1.54, 1.807) is 0 Å². The molecule has 2 nitrogen and oxygen atoms in total. The largest absolute Gasteiger partial charge is 0.372 e. The first-order valence-corrected chi connectivity index (χ1v) is 5.56. The van der Waals surface area contributed by atoms with E-state index in [0.29, 0.717) is 6.04 Å². The quantitative estimate of drug-likeness (QED) is 0.756. The van der Waals surface area contributed by atoms with Crippen molar-refractivity contribution in [2.75, 3.05) is 12.0 Å². The molecule has 0 fully saturated rings. The zero-order chi connectivity index (χ0) is 10.8. The van der Waals surface area contributed by atoms with Crippen molar-refractivity contribution in [3.63, 3.8) is 0 Å². The van der Waals surface area contributed by atoms with Crippen molar-refractivity contribution in [1.82, 2.24) is 5.32 Å². The van der Waals surface area contributed by atoms with E-state index in [0.717, 1.165) is 6.67 Å². The molecule has 16 heavy (non-hydrogen) atoms. The Kier molecular flexibility index (Phi) is 2.35. The molecule has 1 unspecified atom stereocenters. The number of rotatable bonds is 1. The van der Waals surface area contributed by atoms with Crippen LogP contribution in [-0.2, 0) is 0 Å². The maximum absolute atomic E-state index is 3.48. The Balaban J connectivity index is 2.05. The molecule has 0 saturated heterocycles. The van der Waals surface area contributed by atoms with Crippen LogP contribution in [0.2, 0.25) is 0 Å². The fourth-order valence-electron chi connectivity index (χ4n) is 2.21. The Labute approximate surface area is 95.3 Å². The fourth-order valence-corrected chi connectivity index (χ4v) is 2.21. The second-order valence-corrected chi connectivity index (χ2v) is 3.99. The summed E-state index contributed by atoms with van der Waals surface area (Å²) in [5.74, 6) is 0. The van der Waals surface area contributed by atoms with E-state index < -0.39 is 0 Å². The highest BCUT2D eigenvalue weighted by atomic mass is 15.1. The van der Waals surface area contributed by atoms with Crippen LogP contribution >= 0.6 is 0 Å². The van der Waals surface area contributed by atoms with E-state index in [2.05, 4.69) is 65.2 Å². The maximum Gasteiger partial charge on any atom is 0.0660 e. The SMILES string of the molecule is c1ccc(C2NCNc3ccccc32)cc1. The molecule has 0 aromatic heterocycles. The summed E-state index contributed by atoms with van der Waals surface area (Å²) in [5.41, 5.74) is 3.87. The molecular weight excluding hydrogens is 196 g/mol. The Hall–Kier alpha value is -1.80. The van der Waals surface area contributed by atoms with Gasteiger partial charge in [-0.1, -0.05) is 48.5 Å². The lowest BCUT2D eigenvalue weighted by Crippen LogP contribution is -2.33. The van der Waals surface area contributed by atoms with Gasteiger partial charge in [-0.2, -0.15) is 0 Å². The summed E-state index contributed by atoms with van der Waals surface area (Å²) >= 11 is 0. The summed E-state index contributed by atoms with van der Waals surface area (Å²) in [5, 5.41) is 6.83. The van der Waals surface area contributed by atoms with Gasteiger partial charge in [0.2, 0.25) is 0 Å².